The van der Waals surface area contributed by atoms with Crippen molar-refractivity contribution >= 4 is 5.91 Å². The first kappa shape index (κ1) is 19.5. The Balaban J connectivity index is 4.02. The van der Waals surface area contributed by atoms with Crippen LogP contribution < -0.4 is 5.73 Å². The first-order chi connectivity index (χ1) is 9.46. The van der Waals surface area contributed by atoms with Gasteiger partial charge >= 0.3 is 0 Å². The molecule has 2 heteroatoms. The van der Waals surface area contributed by atoms with Crippen LogP contribution in [0, 0.1) is 11.3 Å². The molecule has 0 saturated heterocycles. The minimum atomic E-state index is -0.350. The van der Waals surface area contributed by atoms with E-state index in [2.05, 4.69) is 13.8 Å². The van der Waals surface area contributed by atoms with Crippen LogP contribution in [0.3, 0.4) is 0 Å². The Labute approximate surface area is 126 Å². The van der Waals surface area contributed by atoms with Gasteiger partial charge in [-0.15, -0.1) is 0 Å². The van der Waals surface area contributed by atoms with Gasteiger partial charge in [0.25, 0.3) is 0 Å². The van der Waals surface area contributed by atoms with Gasteiger partial charge < -0.3 is 5.73 Å². The molecule has 1 atom stereocenters. The molecule has 1 unspecified atom stereocenters. The van der Waals surface area contributed by atoms with Crippen LogP contribution >= 0.6 is 0 Å². The highest BCUT2D eigenvalue weighted by atomic mass is 16.1. The monoisotopic (exact) mass is 283 g/mol. The Hall–Kier alpha value is -0.530. The molecule has 0 rings (SSSR count). The molecule has 1 amide bonds. The summed E-state index contributed by atoms with van der Waals surface area (Å²) in [5.74, 6) is 0.317. The third kappa shape index (κ3) is 7.91. The van der Waals surface area contributed by atoms with Gasteiger partial charge in [-0.1, -0.05) is 85.5 Å². The largest absolute Gasteiger partial charge is 0.369 e. The van der Waals surface area contributed by atoms with Gasteiger partial charge in [0.2, 0.25) is 5.91 Å². The Kier molecular flexibility index (Phi) is 10.9. The van der Waals surface area contributed by atoms with Crippen molar-refractivity contribution in [1.82, 2.24) is 0 Å². The van der Waals surface area contributed by atoms with E-state index in [1.54, 1.807) is 0 Å². The summed E-state index contributed by atoms with van der Waals surface area (Å²) >= 11 is 0. The number of amides is 1. The van der Waals surface area contributed by atoms with Crippen molar-refractivity contribution in [1.29, 1.82) is 0 Å². The van der Waals surface area contributed by atoms with Crippen LogP contribution in [0.25, 0.3) is 0 Å². The van der Waals surface area contributed by atoms with E-state index in [9.17, 15) is 4.79 Å². The number of hydrogen-bond acceptors (Lipinski definition) is 1. The van der Waals surface area contributed by atoms with Crippen LogP contribution in [0.5, 0.6) is 0 Å². The lowest BCUT2D eigenvalue weighted by Gasteiger charge is -2.31. The zero-order chi connectivity index (χ0) is 15.4. The topological polar surface area (TPSA) is 43.1 Å². The summed E-state index contributed by atoms with van der Waals surface area (Å²) in [5, 5.41) is 0. The Morgan fingerprint density at radius 2 is 1.30 bits per heavy atom. The van der Waals surface area contributed by atoms with Gasteiger partial charge in [-0.3, -0.25) is 4.79 Å². The highest BCUT2D eigenvalue weighted by Crippen LogP contribution is 2.34. The maximum absolute atomic E-state index is 11.7. The second kappa shape index (κ2) is 11.2. The third-order valence-electron chi connectivity index (χ3n) is 4.72. The minimum Gasteiger partial charge on any atom is -0.369 e. The fourth-order valence-electron chi connectivity index (χ4n) is 2.87. The molecule has 0 heterocycles. The summed E-state index contributed by atoms with van der Waals surface area (Å²) in [6, 6.07) is 0. The van der Waals surface area contributed by atoms with Crippen LogP contribution in [-0.2, 0) is 4.79 Å². The lowest BCUT2D eigenvalue weighted by molar-refractivity contribution is -0.129. The molecule has 2 nitrogen and oxygen atoms in total. The van der Waals surface area contributed by atoms with E-state index >= 15 is 0 Å². The summed E-state index contributed by atoms with van der Waals surface area (Å²) in [6.07, 6.45) is 14.0. The summed E-state index contributed by atoms with van der Waals surface area (Å²) in [4.78, 5) is 11.7. The molecule has 0 saturated carbocycles. The molecule has 0 spiro atoms. The second-order valence-electron chi connectivity index (χ2n) is 6.84. The van der Waals surface area contributed by atoms with Crippen molar-refractivity contribution in [3.05, 3.63) is 0 Å². The Morgan fingerprint density at radius 3 is 1.80 bits per heavy atom. The molecule has 0 aliphatic rings. The van der Waals surface area contributed by atoms with Gasteiger partial charge in [0, 0.05) is 5.41 Å². The standard InChI is InChI=1S/C18H37NO/c1-5-7-9-10-11-12-13-15-16(14-8-6-2)18(3,4)17(19)20/h16H,5-15H2,1-4H3,(H2,19,20). The fraction of sp³-hybridized carbons (Fsp3) is 0.944. The van der Waals surface area contributed by atoms with Crippen molar-refractivity contribution in [3.8, 4) is 0 Å². The number of unbranched alkanes of at least 4 members (excludes halogenated alkanes) is 7. The second-order valence-corrected chi connectivity index (χ2v) is 6.84. The Bertz CT molecular complexity index is 248. The lowest BCUT2D eigenvalue weighted by atomic mass is 9.73. The van der Waals surface area contributed by atoms with Crippen molar-refractivity contribution in [2.75, 3.05) is 0 Å². The summed E-state index contributed by atoms with van der Waals surface area (Å²) in [7, 11) is 0. The highest BCUT2D eigenvalue weighted by Gasteiger charge is 2.33. The van der Waals surface area contributed by atoms with Gasteiger partial charge in [0.05, 0.1) is 0 Å². The molecule has 0 aromatic carbocycles. The SMILES string of the molecule is CCCCCCCCCC(CCCC)C(C)(C)C(N)=O. The summed E-state index contributed by atoms with van der Waals surface area (Å²) < 4.78 is 0. The molecule has 0 radical (unpaired) electrons. The molecule has 0 aromatic heterocycles. The van der Waals surface area contributed by atoms with Crippen LogP contribution in [0.2, 0.25) is 0 Å². The summed E-state index contributed by atoms with van der Waals surface area (Å²) in [6.45, 7) is 8.51. The molecule has 120 valence electrons. The molecule has 0 aliphatic heterocycles. The van der Waals surface area contributed by atoms with E-state index in [1.807, 2.05) is 13.8 Å². The molecular formula is C18H37NO. The van der Waals surface area contributed by atoms with Crippen molar-refractivity contribution in [3.63, 3.8) is 0 Å². The van der Waals surface area contributed by atoms with Crippen molar-refractivity contribution < 1.29 is 4.79 Å². The number of rotatable bonds is 13. The zero-order valence-corrected chi connectivity index (χ0v) is 14.3. The molecule has 0 fully saturated rings. The van der Waals surface area contributed by atoms with E-state index in [0.29, 0.717) is 5.92 Å². The van der Waals surface area contributed by atoms with Gasteiger partial charge in [-0.2, -0.15) is 0 Å². The quantitative estimate of drug-likeness (QED) is 0.449. The number of carbonyl (C=O) groups is 1. The van der Waals surface area contributed by atoms with Crippen LogP contribution in [0.15, 0.2) is 0 Å². The van der Waals surface area contributed by atoms with Gasteiger partial charge in [0.15, 0.2) is 0 Å². The van der Waals surface area contributed by atoms with Crippen molar-refractivity contribution in [2.45, 2.75) is 98.3 Å². The van der Waals surface area contributed by atoms with E-state index in [0.717, 1.165) is 12.8 Å². The first-order valence-corrected chi connectivity index (χ1v) is 8.76. The summed E-state index contributed by atoms with van der Waals surface area (Å²) in [5.41, 5.74) is 5.24. The lowest BCUT2D eigenvalue weighted by Crippen LogP contribution is -2.38. The van der Waals surface area contributed by atoms with E-state index in [4.69, 9.17) is 5.73 Å². The molecule has 2 N–H and O–H groups in total. The minimum absolute atomic E-state index is 0.137. The third-order valence-corrected chi connectivity index (χ3v) is 4.72. The zero-order valence-electron chi connectivity index (χ0n) is 14.3. The van der Waals surface area contributed by atoms with E-state index < -0.39 is 0 Å². The van der Waals surface area contributed by atoms with Crippen molar-refractivity contribution in [2.24, 2.45) is 17.1 Å². The average Bonchev–Trinajstić information content (AvgIpc) is 2.40. The molecule has 20 heavy (non-hydrogen) atoms. The normalized spacial score (nSPS) is 13.4. The number of primary amides is 1. The fourth-order valence-corrected chi connectivity index (χ4v) is 2.87. The van der Waals surface area contributed by atoms with E-state index in [1.165, 1.54) is 57.8 Å². The Morgan fingerprint density at radius 1 is 0.850 bits per heavy atom. The number of nitrogens with two attached hydrogens (primary N) is 1. The van der Waals surface area contributed by atoms with Gasteiger partial charge in [-0.05, 0) is 18.8 Å². The van der Waals surface area contributed by atoms with E-state index in [-0.39, 0.29) is 11.3 Å². The average molecular weight is 284 g/mol. The van der Waals surface area contributed by atoms with Crippen LogP contribution in [0.4, 0.5) is 0 Å². The smallest absolute Gasteiger partial charge is 0.223 e. The van der Waals surface area contributed by atoms with Gasteiger partial charge in [-0.25, -0.2) is 0 Å². The molecular weight excluding hydrogens is 246 g/mol. The maximum atomic E-state index is 11.7. The maximum Gasteiger partial charge on any atom is 0.223 e. The van der Waals surface area contributed by atoms with Crippen LogP contribution in [0.1, 0.15) is 98.3 Å². The predicted octanol–water partition coefficient (Wildman–Crippen LogP) is 5.45. The van der Waals surface area contributed by atoms with Gasteiger partial charge in [0.1, 0.15) is 0 Å². The predicted molar refractivity (Wildman–Crippen MR) is 88.6 cm³/mol. The molecule has 0 aliphatic carbocycles. The number of carbonyl (C=O) groups excluding carboxylic acids is 1. The molecule has 0 aromatic rings. The highest BCUT2D eigenvalue weighted by molar-refractivity contribution is 5.80. The first-order valence-electron chi connectivity index (χ1n) is 8.76. The number of hydrogen-bond donors (Lipinski definition) is 1. The molecule has 0 bridgehead atoms. The van der Waals surface area contributed by atoms with Crippen LogP contribution in [-0.4, -0.2) is 5.91 Å².